The van der Waals surface area contributed by atoms with Crippen molar-refractivity contribution in [3.05, 3.63) is 28.7 Å². The van der Waals surface area contributed by atoms with E-state index in [-0.39, 0.29) is 0 Å². The molecule has 1 rings (SSSR count). The fourth-order valence-electron chi connectivity index (χ4n) is 0.862. The molecule has 74 valence electrons. The first-order valence-corrected chi connectivity index (χ1v) is 5.02. The first-order valence-electron chi connectivity index (χ1n) is 3.47. The Bertz CT molecular complexity index is 352. The molecule has 0 N–H and O–H groups in total. The molecule has 0 saturated heterocycles. The maximum Gasteiger partial charge on any atom is 0.328 e. The Morgan fingerprint density at radius 1 is 1.07 bits per heavy atom. The number of halogens is 3. The van der Waals surface area contributed by atoms with E-state index in [0.717, 1.165) is 4.47 Å². The Labute approximate surface area is 98.7 Å². The summed E-state index contributed by atoms with van der Waals surface area (Å²) in [6.07, 6.45) is 0. The zero-order chi connectivity index (χ0) is 10.7. The van der Waals surface area contributed by atoms with Crippen LogP contribution < -0.4 is 4.90 Å². The van der Waals surface area contributed by atoms with Crippen molar-refractivity contribution in [3.8, 4) is 0 Å². The van der Waals surface area contributed by atoms with Gasteiger partial charge in [-0.2, -0.15) is 0 Å². The van der Waals surface area contributed by atoms with Gasteiger partial charge in [0.2, 0.25) is 0 Å². The van der Waals surface area contributed by atoms with Gasteiger partial charge in [0.1, 0.15) is 0 Å². The second kappa shape index (κ2) is 4.77. The number of imide groups is 1. The lowest BCUT2D eigenvalue weighted by Crippen LogP contribution is -2.27. The first-order chi connectivity index (χ1) is 6.52. The van der Waals surface area contributed by atoms with Crippen LogP contribution in [0.4, 0.5) is 15.3 Å². The molecular formula is C8H4BrCl2NO2. The topological polar surface area (TPSA) is 37.4 Å². The average Bonchev–Trinajstić information content (AvgIpc) is 2.07. The molecule has 0 atom stereocenters. The number of hydrogen-bond acceptors (Lipinski definition) is 2. The van der Waals surface area contributed by atoms with Crippen LogP contribution in [0.15, 0.2) is 28.7 Å². The van der Waals surface area contributed by atoms with Crippen LogP contribution in [0.1, 0.15) is 0 Å². The molecule has 1 aromatic carbocycles. The number of rotatable bonds is 1. The molecular weight excluding hydrogens is 293 g/mol. The molecule has 0 fully saturated rings. The molecule has 0 heterocycles. The molecule has 6 heteroatoms. The summed E-state index contributed by atoms with van der Waals surface area (Å²) < 4.78 is 0.824. The van der Waals surface area contributed by atoms with Gasteiger partial charge in [-0.05, 0) is 47.5 Å². The van der Waals surface area contributed by atoms with E-state index in [1.807, 2.05) is 0 Å². The van der Waals surface area contributed by atoms with E-state index in [4.69, 9.17) is 23.2 Å². The highest BCUT2D eigenvalue weighted by Gasteiger charge is 2.19. The third kappa shape index (κ3) is 2.70. The van der Waals surface area contributed by atoms with Gasteiger partial charge in [0.05, 0.1) is 5.69 Å². The number of anilines is 1. The second-order valence-electron chi connectivity index (χ2n) is 2.32. The first kappa shape index (κ1) is 11.5. The summed E-state index contributed by atoms with van der Waals surface area (Å²) in [5, 5.41) is -1.88. The molecule has 0 aromatic heterocycles. The van der Waals surface area contributed by atoms with Gasteiger partial charge in [0.15, 0.2) is 0 Å². The van der Waals surface area contributed by atoms with Gasteiger partial charge in [0.25, 0.3) is 0 Å². The quantitative estimate of drug-likeness (QED) is 0.581. The molecule has 2 amide bonds. The summed E-state index contributed by atoms with van der Waals surface area (Å²) in [7, 11) is 0. The van der Waals surface area contributed by atoms with Crippen LogP contribution in [0.25, 0.3) is 0 Å². The summed E-state index contributed by atoms with van der Waals surface area (Å²) in [5.41, 5.74) is 0.327. The Morgan fingerprint density at radius 3 is 1.86 bits per heavy atom. The van der Waals surface area contributed by atoms with Crippen LogP contribution in [-0.2, 0) is 0 Å². The predicted octanol–water partition coefficient (Wildman–Crippen LogP) is 3.97. The summed E-state index contributed by atoms with van der Waals surface area (Å²) in [5.74, 6) is 0. The molecule has 0 aliphatic heterocycles. The number of nitrogens with zero attached hydrogens (tertiary/aromatic N) is 1. The number of carbonyl (C=O) groups is 2. The smallest absolute Gasteiger partial charge is 0.254 e. The minimum absolute atomic E-state index is 0.327. The van der Waals surface area contributed by atoms with E-state index in [1.165, 1.54) is 0 Å². The molecule has 0 saturated carbocycles. The van der Waals surface area contributed by atoms with Gasteiger partial charge in [-0.25, -0.2) is 4.90 Å². The van der Waals surface area contributed by atoms with Gasteiger partial charge < -0.3 is 0 Å². The molecule has 14 heavy (non-hydrogen) atoms. The standard InChI is InChI=1S/C8H4BrCl2NO2/c9-5-1-3-6(4-2-5)12(7(10)13)8(11)14/h1-4H. The Morgan fingerprint density at radius 2 is 1.50 bits per heavy atom. The minimum atomic E-state index is -0.938. The maximum absolute atomic E-state index is 10.8. The van der Waals surface area contributed by atoms with Crippen molar-refractivity contribution in [2.24, 2.45) is 0 Å². The molecule has 0 aliphatic carbocycles. The van der Waals surface area contributed by atoms with Gasteiger partial charge in [0, 0.05) is 4.47 Å². The van der Waals surface area contributed by atoms with Crippen molar-refractivity contribution >= 4 is 55.6 Å². The average molecular weight is 297 g/mol. The highest BCUT2D eigenvalue weighted by molar-refractivity contribution is 9.10. The maximum atomic E-state index is 10.8. The van der Waals surface area contributed by atoms with Crippen molar-refractivity contribution in [2.75, 3.05) is 4.90 Å². The molecule has 0 radical (unpaired) electrons. The normalized spacial score (nSPS) is 9.64. The third-order valence-electron chi connectivity index (χ3n) is 1.44. The Kier molecular flexibility index (Phi) is 3.92. The van der Waals surface area contributed by atoms with Gasteiger partial charge in [-0.1, -0.05) is 15.9 Å². The summed E-state index contributed by atoms with van der Waals surface area (Å²) in [6, 6.07) is 6.43. The Balaban J connectivity index is 3.06. The summed E-state index contributed by atoms with van der Waals surface area (Å²) >= 11 is 13.6. The van der Waals surface area contributed by atoms with Gasteiger partial charge >= 0.3 is 10.7 Å². The van der Waals surface area contributed by atoms with E-state index in [1.54, 1.807) is 24.3 Å². The van der Waals surface area contributed by atoms with Crippen molar-refractivity contribution in [3.63, 3.8) is 0 Å². The fraction of sp³-hybridized carbons (Fsp3) is 0. The van der Waals surface area contributed by atoms with E-state index in [9.17, 15) is 9.59 Å². The van der Waals surface area contributed by atoms with Crippen LogP contribution in [0.5, 0.6) is 0 Å². The highest BCUT2D eigenvalue weighted by atomic mass is 79.9. The second-order valence-corrected chi connectivity index (χ2v) is 3.88. The molecule has 3 nitrogen and oxygen atoms in total. The largest absolute Gasteiger partial charge is 0.328 e. The number of carbonyl (C=O) groups excluding carboxylic acids is 2. The lowest BCUT2D eigenvalue weighted by atomic mass is 10.3. The summed E-state index contributed by atoms with van der Waals surface area (Å²) in [6.45, 7) is 0. The van der Waals surface area contributed by atoms with Crippen LogP contribution in [0, 0.1) is 0 Å². The number of benzene rings is 1. The third-order valence-corrected chi connectivity index (χ3v) is 2.30. The Hall–Kier alpha value is -0.580. The number of hydrogen-bond donors (Lipinski definition) is 0. The van der Waals surface area contributed by atoms with Crippen LogP contribution in [-0.4, -0.2) is 10.7 Å². The van der Waals surface area contributed by atoms with Gasteiger partial charge in [-0.15, -0.1) is 0 Å². The number of amides is 2. The zero-order valence-electron chi connectivity index (χ0n) is 6.71. The summed E-state index contributed by atoms with van der Waals surface area (Å²) in [4.78, 5) is 22.4. The molecule has 0 spiro atoms. The lowest BCUT2D eigenvalue weighted by molar-refractivity contribution is 0.255. The van der Waals surface area contributed by atoms with Gasteiger partial charge in [-0.3, -0.25) is 9.59 Å². The molecule has 1 aromatic rings. The van der Waals surface area contributed by atoms with Crippen LogP contribution >= 0.6 is 39.1 Å². The highest BCUT2D eigenvalue weighted by Crippen LogP contribution is 2.21. The monoisotopic (exact) mass is 295 g/mol. The SMILES string of the molecule is O=C(Cl)N(C(=O)Cl)c1ccc(Br)cc1. The van der Waals surface area contributed by atoms with Crippen LogP contribution in [0.2, 0.25) is 0 Å². The lowest BCUT2D eigenvalue weighted by Gasteiger charge is -2.13. The van der Waals surface area contributed by atoms with Crippen molar-refractivity contribution in [1.82, 2.24) is 0 Å². The molecule has 0 bridgehead atoms. The van der Waals surface area contributed by atoms with E-state index >= 15 is 0 Å². The van der Waals surface area contributed by atoms with Crippen LogP contribution in [0.3, 0.4) is 0 Å². The zero-order valence-corrected chi connectivity index (χ0v) is 9.80. The van der Waals surface area contributed by atoms with Crippen molar-refractivity contribution < 1.29 is 9.59 Å². The molecule has 0 aliphatic rings. The van der Waals surface area contributed by atoms with E-state index in [2.05, 4.69) is 15.9 Å². The fourth-order valence-corrected chi connectivity index (χ4v) is 1.52. The van der Waals surface area contributed by atoms with Crippen molar-refractivity contribution in [2.45, 2.75) is 0 Å². The molecule has 0 unspecified atom stereocenters. The van der Waals surface area contributed by atoms with E-state index in [0.29, 0.717) is 10.6 Å². The predicted molar refractivity (Wildman–Crippen MR) is 59.1 cm³/mol. The van der Waals surface area contributed by atoms with E-state index < -0.39 is 10.7 Å². The van der Waals surface area contributed by atoms with Crippen molar-refractivity contribution in [1.29, 1.82) is 0 Å². The minimum Gasteiger partial charge on any atom is -0.254 e.